The highest BCUT2D eigenvalue weighted by molar-refractivity contribution is 6.33. The van der Waals surface area contributed by atoms with Gasteiger partial charge in [-0.05, 0) is 69.6 Å². The fourth-order valence-electron chi connectivity index (χ4n) is 5.97. The van der Waals surface area contributed by atoms with Crippen LogP contribution in [0.15, 0.2) is 30.5 Å². The number of halogens is 1. The Labute approximate surface area is 230 Å². The number of hydrogen-bond acceptors (Lipinski definition) is 8. The number of nitriles is 1. The Morgan fingerprint density at radius 3 is 2.58 bits per heavy atom. The fourth-order valence-corrected chi connectivity index (χ4v) is 6.17. The van der Waals surface area contributed by atoms with E-state index in [1.807, 2.05) is 24.3 Å². The van der Waals surface area contributed by atoms with Gasteiger partial charge in [0.2, 0.25) is 0 Å². The average Bonchev–Trinajstić information content (AvgIpc) is 2.96. The predicted molar refractivity (Wildman–Crippen MR) is 150 cm³/mol. The monoisotopic (exact) mass is 538 g/mol. The van der Waals surface area contributed by atoms with Crippen LogP contribution < -0.4 is 16.0 Å². The third-order valence-corrected chi connectivity index (χ3v) is 8.73. The van der Waals surface area contributed by atoms with Gasteiger partial charge in [0.15, 0.2) is 0 Å². The molecule has 0 radical (unpaired) electrons. The van der Waals surface area contributed by atoms with E-state index in [0.29, 0.717) is 36.9 Å². The minimum absolute atomic E-state index is 0.201. The van der Waals surface area contributed by atoms with E-state index >= 15 is 0 Å². The molecule has 3 aliphatic rings. The lowest BCUT2D eigenvalue weighted by atomic mass is 9.82. The van der Waals surface area contributed by atoms with Crippen LogP contribution >= 0.6 is 11.6 Å². The second-order valence-electron chi connectivity index (χ2n) is 11.1. The van der Waals surface area contributed by atoms with E-state index in [9.17, 15) is 10.4 Å². The summed E-state index contributed by atoms with van der Waals surface area (Å²) in [5, 5.41) is 31.3. The van der Waals surface area contributed by atoms with Crippen LogP contribution in [0.3, 0.4) is 0 Å². The Bertz CT molecular complexity index is 1110. The number of nitrogens with one attached hydrogen (secondary N) is 3. The molecule has 0 unspecified atom stereocenters. The molecule has 2 atom stereocenters. The average molecular weight is 539 g/mol. The highest BCUT2D eigenvalue weighted by Gasteiger charge is 2.32. The number of ether oxygens (including phenoxy) is 1. The smallest absolute Gasteiger partial charge is 0.126 e. The van der Waals surface area contributed by atoms with Gasteiger partial charge in [-0.1, -0.05) is 30.5 Å². The summed E-state index contributed by atoms with van der Waals surface area (Å²) in [6.45, 7) is 1.78. The standard InChI is InChI=1S/C29H39ClN6O2/c30-23-17-32-28(35-21-10-8-20(9-11-21)34-25-4-1-2-6-26(25)37)16-22(23)24-5-3-7-27(36-24)33-19-29(18-31)12-14-38-15-13-29/h3,5,7,16-17,20-21,25-26,34,37H,1-2,4,6,8-15,19H2,(H,32,35)(H,33,36)/t20?,21?,25-,26-/m1/s1. The number of anilines is 2. The van der Waals surface area contributed by atoms with Gasteiger partial charge < -0.3 is 25.8 Å². The maximum Gasteiger partial charge on any atom is 0.126 e. The van der Waals surface area contributed by atoms with Gasteiger partial charge in [-0.3, -0.25) is 0 Å². The molecule has 0 amide bonds. The number of pyridine rings is 2. The lowest BCUT2D eigenvalue weighted by Crippen LogP contribution is -2.48. The molecule has 38 heavy (non-hydrogen) atoms. The van der Waals surface area contributed by atoms with E-state index < -0.39 is 5.41 Å². The molecule has 3 fully saturated rings. The van der Waals surface area contributed by atoms with Crippen LogP contribution in [0, 0.1) is 16.7 Å². The van der Waals surface area contributed by atoms with Crippen LogP contribution in [0.5, 0.6) is 0 Å². The molecule has 8 nitrogen and oxygen atoms in total. The number of hydrogen-bond donors (Lipinski definition) is 4. The number of rotatable bonds is 8. The van der Waals surface area contributed by atoms with Gasteiger partial charge in [0.05, 0.1) is 28.3 Å². The Morgan fingerprint density at radius 1 is 1.05 bits per heavy atom. The van der Waals surface area contributed by atoms with E-state index in [-0.39, 0.29) is 12.1 Å². The zero-order chi connectivity index (χ0) is 26.4. The Hall–Kier alpha value is -2.44. The van der Waals surface area contributed by atoms with Gasteiger partial charge in [0.1, 0.15) is 11.6 Å². The Morgan fingerprint density at radius 2 is 1.82 bits per heavy atom. The maximum atomic E-state index is 10.3. The molecule has 1 aliphatic heterocycles. The third-order valence-electron chi connectivity index (χ3n) is 8.43. The molecule has 2 saturated carbocycles. The van der Waals surface area contributed by atoms with Crippen molar-refractivity contribution in [3.63, 3.8) is 0 Å². The summed E-state index contributed by atoms with van der Waals surface area (Å²) < 4.78 is 5.44. The van der Waals surface area contributed by atoms with Crippen LogP contribution in [0.1, 0.15) is 64.2 Å². The quantitative estimate of drug-likeness (QED) is 0.365. The lowest BCUT2D eigenvalue weighted by Gasteiger charge is -2.36. The van der Waals surface area contributed by atoms with Gasteiger partial charge in [-0.15, -0.1) is 0 Å². The van der Waals surface area contributed by atoms with Gasteiger partial charge >= 0.3 is 0 Å². The number of nitrogens with zero attached hydrogens (tertiary/aromatic N) is 3. The third kappa shape index (κ3) is 6.76. The largest absolute Gasteiger partial charge is 0.392 e. The van der Waals surface area contributed by atoms with Gasteiger partial charge in [-0.25, -0.2) is 9.97 Å². The molecule has 9 heteroatoms. The predicted octanol–water partition coefficient (Wildman–Crippen LogP) is 5.15. The Kier molecular flexibility index (Phi) is 9.01. The molecule has 3 heterocycles. The van der Waals surface area contributed by atoms with Crippen molar-refractivity contribution in [2.75, 3.05) is 30.4 Å². The van der Waals surface area contributed by atoms with Crippen molar-refractivity contribution in [2.45, 2.75) is 88.4 Å². The summed E-state index contributed by atoms with van der Waals surface area (Å²) in [5.41, 5.74) is 1.17. The molecule has 2 aliphatic carbocycles. The molecule has 2 aromatic rings. The minimum Gasteiger partial charge on any atom is -0.392 e. The number of aliphatic hydroxyl groups is 1. The SMILES string of the molecule is N#CC1(CNc2cccc(-c3cc(NC4CCC(N[C@@H]5CCCC[C@H]5O)CC4)ncc3Cl)n2)CCOCC1. The zero-order valence-corrected chi connectivity index (χ0v) is 22.7. The van der Waals surface area contributed by atoms with Crippen molar-refractivity contribution >= 4 is 23.2 Å². The van der Waals surface area contributed by atoms with Crippen molar-refractivity contribution in [2.24, 2.45) is 5.41 Å². The fraction of sp³-hybridized carbons (Fsp3) is 0.621. The van der Waals surface area contributed by atoms with E-state index in [0.717, 1.165) is 80.7 Å². The topological polar surface area (TPSA) is 115 Å². The first-order valence-electron chi connectivity index (χ1n) is 14.1. The van der Waals surface area contributed by atoms with Gasteiger partial charge in [0.25, 0.3) is 0 Å². The zero-order valence-electron chi connectivity index (χ0n) is 22.0. The molecule has 204 valence electrons. The van der Waals surface area contributed by atoms with E-state index in [1.54, 1.807) is 6.20 Å². The first-order valence-corrected chi connectivity index (χ1v) is 14.5. The van der Waals surface area contributed by atoms with Crippen LogP contribution in [-0.4, -0.2) is 59.1 Å². The van der Waals surface area contributed by atoms with E-state index in [1.165, 1.54) is 6.42 Å². The van der Waals surface area contributed by atoms with Crippen LogP contribution in [0.2, 0.25) is 5.02 Å². The lowest BCUT2D eigenvalue weighted by molar-refractivity contribution is 0.0455. The molecule has 0 bridgehead atoms. The molecule has 0 spiro atoms. The molecule has 1 saturated heterocycles. The second-order valence-corrected chi connectivity index (χ2v) is 11.5. The highest BCUT2D eigenvalue weighted by Crippen LogP contribution is 2.32. The Balaban J connectivity index is 1.18. The summed E-state index contributed by atoms with van der Waals surface area (Å²) in [4.78, 5) is 9.33. The number of aliphatic hydroxyl groups excluding tert-OH is 1. The van der Waals surface area contributed by atoms with Crippen molar-refractivity contribution in [1.82, 2.24) is 15.3 Å². The van der Waals surface area contributed by atoms with E-state index in [4.69, 9.17) is 21.3 Å². The molecule has 2 aromatic heterocycles. The molecular weight excluding hydrogens is 500 g/mol. The van der Waals surface area contributed by atoms with Crippen molar-refractivity contribution in [1.29, 1.82) is 5.26 Å². The van der Waals surface area contributed by atoms with Crippen molar-refractivity contribution < 1.29 is 9.84 Å². The van der Waals surface area contributed by atoms with Gasteiger partial charge in [-0.2, -0.15) is 5.26 Å². The second kappa shape index (κ2) is 12.6. The van der Waals surface area contributed by atoms with Crippen LogP contribution in [0.25, 0.3) is 11.3 Å². The summed E-state index contributed by atoms with van der Waals surface area (Å²) in [7, 11) is 0. The van der Waals surface area contributed by atoms with Gasteiger partial charge in [0, 0.05) is 49.6 Å². The van der Waals surface area contributed by atoms with Crippen molar-refractivity contribution in [3.8, 4) is 17.3 Å². The normalized spacial score (nSPS) is 27.3. The molecule has 4 N–H and O–H groups in total. The van der Waals surface area contributed by atoms with Crippen LogP contribution in [0.4, 0.5) is 11.6 Å². The summed E-state index contributed by atoms with van der Waals surface area (Å²) in [6.07, 6.45) is 11.6. The summed E-state index contributed by atoms with van der Waals surface area (Å²) >= 11 is 6.56. The summed E-state index contributed by atoms with van der Waals surface area (Å²) in [5.74, 6) is 1.52. The van der Waals surface area contributed by atoms with E-state index in [2.05, 4.69) is 27.0 Å². The van der Waals surface area contributed by atoms with Crippen molar-refractivity contribution in [3.05, 3.63) is 35.5 Å². The minimum atomic E-state index is -0.425. The summed E-state index contributed by atoms with van der Waals surface area (Å²) in [6, 6.07) is 11.4. The first-order chi connectivity index (χ1) is 18.5. The molecular formula is C29H39ClN6O2. The molecule has 5 rings (SSSR count). The molecule has 0 aromatic carbocycles. The first kappa shape index (κ1) is 27.1. The highest BCUT2D eigenvalue weighted by atomic mass is 35.5. The van der Waals surface area contributed by atoms with Crippen LogP contribution in [-0.2, 0) is 4.74 Å². The number of aromatic nitrogens is 2. The maximum absolute atomic E-state index is 10.3.